The van der Waals surface area contributed by atoms with Crippen LogP contribution in [0, 0.1) is 0 Å². The van der Waals surface area contributed by atoms with Crippen LogP contribution in [0.25, 0.3) is 0 Å². The van der Waals surface area contributed by atoms with Crippen LogP contribution in [0.3, 0.4) is 0 Å². The first-order valence-corrected chi connectivity index (χ1v) is 11.1. The molecular formula is C21H24N2O4S. The Kier molecular flexibility index (Phi) is 4.89. The van der Waals surface area contributed by atoms with Gasteiger partial charge in [-0.3, -0.25) is 4.79 Å². The van der Waals surface area contributed by atoms with Gasteiger partial charge in [0.1, 0.15) is 5.75 Å². The Hall–Kier alpha value is -2.38. The zero-order valence-corrected chi connectivity index (χ0v) is 17.0. The van der Waals surface area contributed by atoms with Gasteiger partial charge in [-0.05, 0) is 53.9 Å². The van der Waals surface area contributed by atoms with E-state index in [4.69, 9.17) is 4.74 Å². The van der Waals surface area contributed by atoms with Crippen LogP contribution in [0.2, 0.25) is 0 Å². The number of nitrogens with zero attached hydrogens (tertiary/aromatic N) is 2. The lowest BCUT2D eigenvalue weighted by Gasteiger charge is -2.20. The van der Waals surface area contributed by atoms with Crippen LogP contribution in [-0.4, -0.2) is 44.9 Å². The SMILES string of the molecule is CCN(CC)S(=O)(=O)c1ccc2c(c1)CCN2C(=O)c1ccc2c(c1)CCO2. The number of amides is 1. The highest BCUT2D eigenvalue weighted by atomic mass is 32.2. The van der Waals surface area contributed by atoms with Crippen molar-refractivity contribution in [3.8, 4) is 5.75 Å². The predicted octanol–water partition coefficient (Wildman–Crippen LogP) is 2.85. The molecule has 2 aromatic rings. The molecule has 0 saturated heterocycles. The number of carbonyl (C=O) groups is 1. The monoisotopic (exact) mass is 400 g/mol. The summed E-state index contributed by atoms with van der Waals surface area (Å²) < 4.78 is 32.5. The lowest BCUT2D eigenvalue weighted by Crippen LogP contribution is -2.30. The molecule has 148 valence electrons. The number of fused-ring (bicyclic) bond motifs is 2. The van der Waals surface area contributed by atoms with Crippen molar-refractivity contribution in [2.24, 2.45) is 0 Å². The number of benzene rings is 2. The van der Waals surface area contributed by atoms with E-state index in [-0.39, 0.29) is 5.91 Å². The molecule has 4 rings (SSSR count). The van der Waals surface area contributed by atoms with E-state index in [9.17, 15) is 13.2 Å². The van der Waals surface area contributed by atoms with Gasteiger partial charge in [0.05, 0.1) is 11.5 Å². The smallest absolute Gasteiger partial charge is 0.258 e. The van der Waals surface area contributed by atoms with E-state index in [2.05, 4.69) is 0 Å². The third kappa shape index (κ3) is 3.08. The fraction of sp³-hybridized carbons (Fsp3) is 0.381. The summed E-state index contributed by atoms with van der Waals surface area (Å²) in [7, 11) is -3.50. The highest BCUT2D eigenvalue weighted by Crippen LogP contribution is 2.33. The van der Waals surface area contributed by atoms with Crippen LogP contribution < -0.4 is 9.64 Å². The van der Waals surface area contributed by atoms with Crippen molar-refractivity contribution in [3.63, 3.8) is 0 Å². The van der Waals surface area contributed by atoms with Gasteiger partial charge in [-0.15, -0.1) is 0 Å². The molecule has 0 atom stereocenters. The molecule has 0 spiro atoms. The first kappa shape index (κ1) is 19.0. The van der Waals surface area contributed by atoms with E-state index in [0.29, 0.717) is 43.1 Å². The second-order valence-electron chi connectivity index (χ2n) is 7.01. The Morgan fingerprint density at radius 1 is 1.07 bits per heavy atom. The Morgan fingerprint density at radius 3 is 2.61 bits per heavy atom. The highest BCUT2D eigenvalue weighted by Gasteiger charge is 2.29. The van der Waals surface area contributed by atoms with Crippen LogP contribution in [0.15, 0.2) is 41.3 Å². The van der Waals surface area contributed by atoms with Gasteiger partial charge in [-0.1, -0.05) is 13.8 Å². The minimum Gasteiger partial charge on any atom is -0.493 e. The lowest BCUT2D eigenvalue weighted by atomic mass is 10.1. The molecule has 1 amide bonds. The molecule has 28 heavy (non-hydrogen) atoms. The van der Waals surface area contributed by atoms with Crippen molar-refractivity contribution >= 4 is 21.6 Å². The van der Waals surface area contributed by atoms with Crippen molar-refractivity contribution in [2.75, 3.05) is 31.1 Å². The first-order valence-electron chi connectivity index (χ1n) is 9.66. The molecule has 0 bridgehead atoms. The number of anilines is 1. The number of carbonyl (C=O) groups excluding carboxylic acids is 1. The number of hydrogen-bond donors (Lipinski definition) is 0. The molecule has 2 aliphatic rings. The third-order valence-electron chi connectivity index (χ3n) is 5.47. The topological polar surface area (TPSA) is 66.9 Å². The molecule has 6 nitrogen and oxygen atoms in total. The summed E-state index contributed by atoms with van der Waals surface area (Å²) in [6.07, 6.45) is 1.47. The molecule has 0 unspecified atom stereocenters. The van der Waals surface area contributed by atoms with Gasteiger partial charge >= 0.3 is 0 Å². The van der Waals surface area contributed by atoms with E-state index >= 15 is 0 Å². The van der Waals surface area contributed by atoms with Crippen LogP contribution >= 0.6 is 0 Å². The van der Waals surface area contributed by atoms with Gasteiger partial charge in [0.2, 0.25) is 10.0 Å². The zero-order valence-electron chi connectivity index (χ0n) is 16.1. The quantitative estimate of drug-likeness (QED) is 0.774. The molecule has 2 aliphatic heterocycles. The van der Waals surface area contributed by atoms with Crippen molar-refractivity contribution in [1.29, 1.82) is 0 Å². The predicted molar refractivity (Wildman–Crippen MR) is 108 cm³/mol. The average Bonchev–Trinajstić information content (AvgIpc) is 3.33. The Balaban J connectivity index is 1.63. The number of hydrogen-bond acceptors (Lipinski definition) is 4. The molecular weight excluding hydrogens is 376 g/mol. The maximum Gasteiger partial charge on any atom is 0.258 e. The largest absolute Gasteiger partial charge is 0.493 e. The van der Waals surface area contributed by atoms with Gasteiger partial charge in [-0.2, -0.15) is 4.31 Å². The lowest BCUT2D eigenvalue weighted by molar-refractivity contribution is 0.0989. The Labute approximate surface area is 165 Å². The van der Waals surface area contributed by atoms with Crippen LogP contribution in [-0.2, 0) is 22.9 Å². The van der Waals surface area contributed by atoms with E-state index in [1.807, 2.05) is 26.0 Å². The van der Waals surface area contributed by atoms with Gasteiger partial charge in [0.15, 0.2) is 0 Å². The molecule has 2 heterocycles. The van der Waals surface area contributed by atoms with E-state index in [1.54, 1.807) is 29.2 Å². The summed E-state index contributed by atoms with van der Waals surface area (Å²) >= 11 is 0. The highest BCUT2D eigenvalue weighted by molar-refractivity contribution is 7.89. The van der Waals surface area contributed by atoms with Gasteiger partial charge in [0, 0.05) is 37.3 Å². The summed E-state index contributed by atoms with van der Waals surface area (Å²) in [4.78, 5) is 15.1. The molecule has 0 aromatic heterocycles. The summed E-state index contributed by atoms with van der Waals surface area (Å²) in [6, 6.07) is 10.6. The molecule has 0 N–H and O–H groups in total. The van der Waals surface area contributed by atoms with Crippen molar-refractivity contribution in [3.05, 3.63) is 53.1 Å². The van der Waals surface area contributed by atoms with E-state index in [0.717, 1.165) is 29.0 Å². The normalized spacial score (nSPS) is 15.5. The summed E-state index contributed by atoms with van der Waals surface area (Å²) in [6.45, 7) is 5.73. The van der Waals surface area contributed by atoms with Crippen molar-refractivity contribution in [1.82, 2.24) is 4.31 Å². The molecule has 2 aromatic carbocycles. The molecule has 7 heteroatoms. The fourth-order valence-corrected chi connectivity index (χ4v) is 5.45. The van der Waals surface area contributed by atoms with Gasteiger partial charge in [0.25, 0.3) is 5.91 Å². The van der Waals surface area contributed by atoms with Crippen molar-refractivity contribution < 1.29 is 17.9 Å². The minimum atomic E-state index is -3.50. The van der Waals surface area contributed by atoms with Crippen molar-refractivity contribution in [2.45, 2.75) is 31.6 Å². The average molecular weight is 401 g/mol. The minimum absolute atomic E-state index is 0.0622. The van der Waals surface area contributed by atoms with Crippen LogP contribution in [0.4, 0.5) is 5.69 Å². The standard InChI is InChI=1S/C21H24N2O4S/c1-3-22(4-2)28(25,26)18-6-7-19-15(14-18)9-11-23(19)21(24)17-5-8-20-16(13-17)10-12-27-20/h5-8,13-14H,3-4,9-12H2,1-2H3. The van der Waals surface area contributed by atoms with E-state index < -0.39 is 10.0 Å². The van der Waals surface area contributed by atoms with Gasteiger partial charge in [-0.25, -0.2) is 8.42 Å². The number of ether oxygens (including phenoxy) is 1. The van der Waals surface area contributed by atoms with E-state index in [1.165, 1.54) is 4.31 Å². The maximum atomic E-state index is 13.1. The Bertz CT molecular complexity index is 1030. The van der Waals surface area contributed by atoms with Crippen LogP contribution in [0.1, 0.15) is 35.3 Å². The number of sulfonamides is 1. The molecule has 0 aliphatic carbocycles. The molecule has 0 fully saturated rings. The second kappa shape index (κ2) is 7.22. The molecule has 0 radical (unpaired) electrons. The first-order chi connectivity index (χ1) is 13.5. The summed E-state index contributed by atoms with van der Waals surface area (Å²) in [5.74, 6) is 0.789. The summed E-state index contributed by atoms with van der Waals surface area (Å²) in [5, 5.41) is 0. The fourth-order valence-electron chi connectivity index (χ4n) is 3.94. The molecule has 0 saturated carbocycles. The zero-order chi connectivity index (χ0) is 19.9. The second-order valence-corrected chi connectivity index (χ2v) is 8.95. The maximum absolute atomic E-state index is 13.1. The van der Waals surface area contributed by atoms with Gasteiger partial charge < -0.3 is 9.64 Å². The third-order valence-corrected chi connectivity index (χ3v) is 7.52. The Morgan fingerprint density at radius 2 is 1.86 bits per heavy atom. The van der Waals surface area contributed by atoms with Crippen LogP contribution in [0.5, 0.6) is 5.75 Å². The number of rotatable bonds is 5. The summed E-state index contributed by atoms with van der Waals surface area (Å²) in [5.41, 5.74) is 3.38.